The van der Waals surface area contributed by atoms with E-state index in [4.69, 9.17) is 4.74 Å². The Hall–Kier alpha value is -2.20. The van der Waals surface area contributed by atoms with E-state index in [9.17, 15) is 13.2 Å². The van der Waals surface area contributed by atoms with Gasteiger partial charge in [0.15, 0.2) is 12.3 Å². The number of pyridine rings is 1. The molecule has 0 radical (unpaired) electrons. The molecule has 0 aliphatic carbocycles. The summed E-state index contributed by atoms with van der Waals surface area (Å²) in [5, 5.41) is 5.13. The number of amides is 1. The van der Waals surface area contributed by atoms with Crippen LogP contribution in [0.2, 0.25) is 0 Å². The van der Waals surface area contributed by atoms with Crippen LogP contribution in [0.3, 0.4) is 0 Å². The number of fused-ring (bicyclic) bond motifs is 1. The van der Waals surface area contributed by atoms with Crippen LogP contribution in [0.1, 0.15) is 11.3 Å². The molecule has 9 nitrogen and oxygen atoms in total. The highest BCUT2D eigenvalue weighted by atomic mass is 32.2. The molecule has 1 amide bonds. The van der Waals surface area contributed by atoms with E-state index in [-0.39, 0.29) is 12.5 Å². The minimum atomic E-state index is -3.22. The molecule has 0 bridgehead atoms. The normalized spacial score (nSPS) is 16.2. The van der Waals surface area contributed by atoms with Crippen molar-refractivity contribution in [3.63, 3.8) is 0 Å². The molecule has 0 atom stereocenters. The van der Waals surface area contributed by atoms with Crippen molar-refractivity contribution < 1.29 is 17.9 Å². The van der Waals surface area contributed by atoms with Crippen molar-refractivity contribution in [3.05, 3.63) is 17.3 Å². The fourth-order valence-electron chi connectivity index (χ4n) is 3.14. The second-order valence-electron chi connectivity index (χ2n) is 6.54. The van der Waals surface area contributed by atoms with Crippen LogP contribution in [0.25, 0.3) is 11.0 Å². The molecule has 1 aliphatic heterocycles. The molecular formula is C16H23N5O4S. The number of aryl methyl sites for hydroxylation is 3. The van der Waals surface area contributed by atoms with Gasteiger partial charge in [-0.2, -0.15) is 4.31 Å². The molecule has 1 saturated heterocycles. The van der Waals surface area contributed by atoms with Crippen molar-refractivity contribution >= 4 is 27.0 Å². The molecule has 3 heterocycles. The Morgan fingerprint density at radius 1 is 1.23 bits per heavy atom. The second kappa shape index (κ2) is 6.84. The number of carbonyl (C=O) groups is 1. The monoisotopic (exact) mass is 381 g/mol. The summed E-state index contributed by atoms with van der Waals surface area (Å²) < 4.78 is 31.8. The highest BCUT2D eigenvalue weighted by Crippen LogP contribution is 2.27. The van der Waals surface area contributed by atoms with Crippen LogP contribution in [0.4, 0.5) is 0 Å². The Morgan fingerprint density at radius 3 is 2.50 bits per heavy atom. The van der Waals surface area contributed by atoms with Gasteiger partial charge in [-0.05, 0) is 25.5 Å². The summed E-state index contributed by atoms with van der Waals surface area (Å²) in [4.78, 5) is 18.5. The molecule has 26 heavy (non-hydrogen) atoms. The molecule has 1 aliphatic rings. The Morgan fingerprint density at radius 2 is 1.88 bits per heavy atom. The lowest BCUT2D eigenvalue weighted by atomic mass is 10.2. The van der Waals surface area contributed by atoms with Gasteiger partial charge < -0.3 is 9.64 Å². The number of piperazine rings is 1. The molecule has 0 spiro atoms. The van der Waals surface area contributed by atoms with Crippen LogP contribution in [0, 0.1) is 13.8 Å². The third-order valence-electron chi connectivity index (χ3n) is 4.48. The molecule has 0 N–H and O–H groups in total. The first-order valence-corrected chi connectivity index (χ1v) is 10.2. The summed E-state index contributed by atoms with van der Waals surface area (Å²) in [5.74, 6) is 0.199. The standard InChI is InChI=1S/C16H23N5O4S/c1-11-9-12(2)17-15-14(11)16(18-19(15)3)25-10-13(22)20-5-7-21(8-6-20)26(4,23)24/h9H,5-8,10H2,1-4H3. The van der Waals surface area contributed by atoms with E-state index in [1.54, 1.807) is 16.6 Å². The van der Waals surface area contributed by atoms with Crippen molar-refractivity contribution in [2.75, 3.05) is 39.0 Å². The van der Waals surface area contributed by atoms with E-state index in [1.165, 1.54) is 10.6 Å². The topological polar surface area (TPSA) is 97.6 Å². The van der Waals surface area contributed by atoms with Crippen molar-refractivity contribution in [2.45, 2.75) is 13.8 Å². The predicted octanol–water partition coefficient (Wildman–Crippen LogP) is 0.0677. The zero-order chi connectivity index (χ0) is 19.1. The fraction of sp³-hybridized carbons (Fsp3) is 0.562. The number of sulfonamides is 1. The average Bonchev–Trinajstić information content (AvgIpc) is 2.88. The highest BCUT2D eigenvalue weighted by Gasteiger charge is 2.26. The lowest BCUT2D eigenvalue weighted by Gasteiger charge is -2.33. The Labute approximate surface area is 152 Å². The van der Waals surface area contributed by atoms with Crippen molar-refractivity contribution in [1.82, 2.24) is 24.0 Å². The van der Waals surface area contributed by atoms with Crippen LogP contribution in [-0.4, -0.2) is 77.3 Å². The molecule has 142 valence electrons. The van der Waals surface area contributed by atoms with Gasteiger partial charge in [0.05, 0.1) is 11.6 Å². The van der Waals surface area contributed by atoms with Gasteiger partial charge in [0.2, 0.25) is 15.9 Å². The lowest BCUT2D eigenvalue weighted by molar-refractivity contribution is -0.134. The Kier molecular flexibility index (Phi) is 4.89. The SMILES string of the molecule is Cc1cc(C)c2c(OCC(=O)N3CCN(S(C)(=O)=O)CC3)nn(C)c2n1. The first-order valence-electron chi connectivity index (χ1n) is 8.33. The molecule has 3 rings (SSSR count). The highest BCUT2D eigenvalue weighted by molar-refractivity contribution is 7.88. The molecule has 0 unspecified atom stereocenters. The molecular weight excluding hydrogens is 358 g/mol. The number of ether oxygens (including phenoxy) is 1. The molecule has 2 aromatic heterocycles. The van der Waals surface area contributed by atoms with Crippen molar-refractivity contribution in [1.29, 1.82) is 0 Å². The molecule has 1 fully saturated rings. The maximum atomic E-state index is 12.4. The molecule has 0 aromatic carbocycles. The van der Waals surface area contributed by atoms with Crippen molar-refractivity contribution in [2.24, 2.45) is 7.05 Å². The van der Waals surface area contributed by atoms with Gasteiger partial charge in [0.1, 0.15) is 0 Å². The largest absolute Gasteiger partial charge is 0.466 e. The van der Waals surface area contributed by atoms with E-state index in [0.717, 1.165) is 16.6 Å². The summed E-state index contributed by atoms with van der Waals surface area (Å²) in [6, 6.07) is 1.95. The van der Waals surface area contributed by atoms with Gasteiger partial charge in [-0.25, -0.2) is 18.1 Å². The van der Waals surface area contributed by atoms with Gasteiger partial charge in [-0.3, -0.25) is 4.79 Å². The first kappa shape index (κ1) is 18.6. The number of hydrogen-bond acceptors (Lipinski definition) is 6. The second-order valence-corrected chi connectivity index (χ2v) is 8.52. The van der Waals surface area contributed by atoms with Crippen LogP contribution in [0.15, 0.2) is 6.07 Å². The third-order valence-corrected chi connectivity index (χ3v) is 5.78. The van der Waals surface area contributed by atoms with Crippen LogP contribution in [-0.2, 0) is 21.9 Å². The average molecular weight is 381 g/mol. The maximum Gasteiger partial charge on any atom is 0.260 e. The Balaban J connectivity index is 1.67. The first-order chi connectivity index (χ1) is 12.2. The van der Waals surface area contributed by atoms with Crippen molar-refractivity contribution in [3.8, 4) is 5.88 Å². The Bertz CT molecular complexity index is 945. The van der Waals surface area contributed by atoms with Gasteiger partial charge in [0, 0.05) is 38.9 Å². The summed E-state index contributed by atoms with van der Waals surface area (Å²) >= 11 is 0. The molecule has 0 saturated carbocycles. The van der Waals surface area contributed by atoms with Crippen LogP contribution in [0.5, 0.6) is 5.88 Å². The summed E-state index contributed by atoms with van der Waals surface area (Å²) in [6.45, 7) is 5.06. The third kappa shape index (κ3) is 3.65. The van der Waals surface area contributed by atoms with E-state index in [0.29, 0.717) is 37.7 Å². The number of nitrogens with zero attached hydrogens (tertiary/aromatic N) is 5. The van der Waals surface area contributed by atoms with E-state index >= 15 is 0 Å². The van der Waals surface area contributed by atoms with E-state index in [2.05, 4.69) is 10.1 Å². The molecule has 10 heteroatoms. The fourth-order valence-corrected chi connectivity index (χ4v) is 3.97. The van der Waals surface area contributed by atoms with Crippen LogP contribution < -0.4 is 4.74 Å². The number of rotatable bonds is 4. The zero-order valence-corrected chi connectivity index (χ0v) is 16.2. The zero-order valence-electron chi connectivity index (χ0n) is 15.4. The lowest BCUT2D eigenvalue weighted by Crippen LogP contribution is -2.51. The summed E-state index contributed by atoms with van der Waals surface area (Å²) in [7, 11) is -1.43. The summed E-state index contributed by atoms with van der Waals surface area (Å²) in [5.41, 5.74) is 2.60. The number of aromatic nitrogens is 3. The molecule has 2 aromatic rings. The van der Waals surface area contributed by atoms with Gasteiger partial charge >= 0.3 is 0 Å². The van der Waals surface area contributed by atoms with Gasteiger partial charge in [-0.15, -0.1) is 5.10 Å². The number of hydrogen-bond donors (Lipinski definition) is 0. The van der Waals surface area contributed by atoms with Crippen LogP contribution >= 0.6 is 0 Å². The van der Waals surface area contributed by atoms with Gasteiger partial charge in [0.25, 0.3) is 5.91 Å². The summed E-state index contributed by atoms with van der Waals surface area (Å²) in [6.07, 6.45) is 1.18. The minimum Gasteiger partial charge on any atom is -0.466 e. The maximum absolute atomic E-state index is 12.4. The van der Waals surface area contributed by atoms with E-state index in [1.807, 2.05) is 19.9 Å². The minimum absolute atomic E-state index is 0.141. The smallest absolute Gasteiger partial charge is 0.260 e. The number of carbonyl (C=O) groups excluding carboxylic acids is 1. The van der Waals surface area contributed by atoms with E-state index < -0.39 is 10.0 Å². The van der Waals surface area contributed by atoms with Gasteiger partial charge in [-0.1, -0.05) is 0 Å². The quantitative estimate of drug-likeness (QED) is 0.743. The predicted molar refractivity (Wildman–Crippen MR) is 96.5 cm³/mol.